The van der Waals surface area contributed by atoms with Gasteiger partial charge >= 0.3 is 11.9 Å². The van der Waals surface area contributed by atoms with Crippen LogP contribution in [0.25, 0.3) is 17.0 Å². The van der Waals surface area contributed by atoms with Crippen LogP contribution in [0.15, 0.2) is 24.3 Å². The average molecular weight is 317 g/mol. The summed E-state index contributed by atoms with van der Waals surface area (Å²) in [6.45, 7) is 2.02. The summed E-state index contributed by atoms with van der Waals surface area (Å²) in [6, 6.07) is 5.42. The van der Waals surface area contributed by atoms with E-state index < -0.39 is 11.9 Å². The zero-order valence-corrected chi connectivity index (χ0v) is 13.6. The molecule has 0 aliphatic heterocycles. The lowest BCUT2D eigenvalue weighted by atomic mass is 10.1. The molecular weight excluding hydrogens is 298 g/mol. The van der Waals surface area contributed by atoms with Crippen molar-refractivity contribution in [3.63, 3.8) is 0 Å². The molecule has 0 spiro atoms. The Morgan fingerprint density at radius 1 is 1.26 bits per heavy atom. The number of rotatable bonds is 5. The first-order valence-corrected chi connectivity index (χ1v) is 7.13. The van der Waals surface area contributed by atoms with Crippen LogP contribution in [0, 0.1) is 0 Å². The molecule has 0 fully saturated rings. The van der Waals surface area contributed by atoms with Crippen LogP contribution in [0.5, 0.6) is 5.75 Å². The summed E-state index contributed by atoms with van der Waals surface area (Å²) >= 11 is 0. The fraction of sp³-hybridized carbons (Fsp3) is 0.294. The van der Waals surface area contributed by atoms with E-state index >= 15 is 0 Å². The highest BCUT2D eigenvalue weighted by Gasteiger charge is 2.21. The summed E-state index contributed by atoms with van der Waals surface area (Å²) < 4.78 is 16.8. The molecule has 2 aromatic rings. The van der Waals surface area contributed by atoms with Gasteiger partial charge < -0.3 is 18.8 Å². The van der Waals surface area contributed by atoms with E-state index in [0.29, 0.717) is 29.0 Å². The third-order valence-electron chi connectivity index (χ3n) is 3.51. The van der Waals surface area contributed by atoms with Gasteiger partial charge in [-0.1, -0.05) is 0 Å². The first-order chi connectivity index (χ1) is 11.0. The van der Waals surface area contributed by atoms with Crippen molar-refractivity contribution in [3.05, 3.63) is 35.5 Å². The highest BCUT2D eigenvalue weighted by atomic mass is 16.5. The van der Waals surface area contributed by atoms with E-state index in [9.17, 15) is 9.59 Å². The molecule has 0 radical (unpaired) electrons. The van der Waals surface area contributed by atoms with Crippen molar-refractivity contribution in [2.75, 3.05) is 20.8 Å². The molecule has 0 saturated carbocycles. The molecule has 2 rings (SSSR count). The Kier molecular flexibility index (Phi) is 5.05. The van der Waals surface area contributed by atoms with Crippen LogP contribution >= 0.6 is 0 Å². The van der Waals surface area contributed by atoms with Crippen molar-refractivity contribution in [2.45, 2.75) is 6.92 Å². The summed E-state index contributed by atoms with van der Waals surface area (Å²) in [6.07, 6.45) is 2.85. The van der Waals surface area contributed by atoms with E-state index in [0.717, 1.165) is 5.52 Å². The number of hydrogen-bond acceptors (Lipinski definition) is 5. The van der Waals surface area contributed by atoms with Crippen LogP contribution in [0.2, 0.25) is 0 Å². The van der Waals surface area contributed by atoms with Gasteiger partial charge in [-0.25, -0.2) is 9.59 Å². The first-order valence-electron chi connectivity index (χ1n) is 7.13. The number of benzene rings is 1. The van der Waals surface area contributed by atoms with Gasteiger partial charge in [0.05, 0.1) is 32.1 Å². The molecule has 122 valence electrons. The maximum absolute atomic E-state index is 12.2. The molecule has 0 aliphatic rings. The molecule has 1 aromatic carbocycles. The van der Waals surface area contributed by atoms with Crippen molar-refractivity contribution in [1.82, 2.24) is 4.57 Å². The van der Waals surface area contributed by atoms with Crippen molar-refractivity contribution in [1.29, 1.82) is 0 Å². The maximum atomic E-state index is 12.2. The zero-order valence-electron chi connectivity index (χ0n) is 13.6. The van der Waals surface area contributed by atoms with Crippen LogP contribution in [-0.2, 0) is 21.3 Å². The lowest BCUT2D eigenvalue weighted by Crippen LogP contribution is -2.05. The monoisotopic (exact) mass is 317 g/mol. The second kappa shape index (κ2) is 7.00. The number of hydrogen-bond donors (Lipinski definition) is 0. The molecule has 1 aromatic heterocycles. The van der Waals surface area contributed by atoms with Crippen LogP contribution < -0.4 is 4.74 Å². The second-order valence-corrected chi connectivity index (χ2v) is 4.78. The number of aryl methyl sites for hydroxylation is 1. The Morgan fingerprint density at radius 3 is 2.61 bits per heavy atom. The zero-order chi connectivity index (χ0) is 17.0. The van der Waals surface area contributed by atoms with E-state index in [1.807, 2.05) is 23.7 Å². The minimum absolute atomic E-state index is 0.291. The molecule has 0 N–H and O–H groups in total. The predicted octanol–water partition coefficient (Wildman–Crippen LogP) is 2.55. The number of carbonyl (C=O) groups excluding carboxylic acids is 2. The van der Waals surface area contributed by atoms with Crippen molar-refractivity contribution in [3.8, 4) is 5.75 Å². The summed E-state index contributed by atoms with van der Waals surface area (Å²) in [5.74, 6) is -0.312. The van der Waals surface area contributed by atoms with Gasteiger partial charge in [-0.3, -0.25) is 0 Å². The fourth-order valence-corrected chi connectivity index (χ4v) is 2.42. The Bertz CT molecular complexity index is 773. The third-order valence-corrected chi connectivity index (χ3v) is 3.51. The van der Waals surface area contributed by atoms with Crippen LogP contribution in [-0.4, -0.2) is 37.3 Å². The molecule has 0 unspecified atom stereocenters. The Balaban J connectivity index is 2.64. The standard InChI is InChI=1S/C17H19NO5/c1-5-23-15(19)9-8-14-16(17(20)22-4)12-10-11(21-3)6-7-13(12)18(14)2/h6-10H,5H2,1-4H3/b9-8+. The number of nitrogens with zero attached hydrogens (tertiary/aromatic N) is 1. The number of ether oxygens (including phenoxy) is 3. The number of aromatic nitrogens is 1. The fourth-order valence-electron chi connectivity index (χ4n) is 2.42. The second-order valence-electron chi connectivity index (χ2n) is 4.78. The van der Waals surface area contributed by atoms with E-state index in [4.69, 9.17) is 14.2 Å². The normalized spacial score (nSPS) is 11.0. The van der Waals surface area contributed by atoms with Gasteiger partial charge in [-0.2, -0.15) is 0 Å². The molecule has 0 saturated heterocycles. The summed E-state index contributed by atoms with van der Waals surface area (Å²) in [5.41, 5.74) is 1.77. The van der Waals surface area contributed by atoms with Crippen LogP contribution in [0.1, 0.15) is 23.0 Å². The van der Waals surface area contributed by atoms with E-state index in [1.165, 1.54) is 13.2 Å². The van der Waals surface area contributed by atoms with Gasteiger partial charge in [-0.15, -0.1) is 0 Å². The minimum Gasteiger partial charge on any atom is -0.497 e. The quantitative estimate of drug-likeness (QED) is 0.626. The maximum Gasteiger partial charge on any atom is 0.340 e. The molecule has 0 atom stereocenters. The van der Waals surface area contributed by atoms with Crippen LogP contribution in [0.3, 0.4) is 0 Å². The summed E-state index contributed by atoms with van der Waals surface area (Å²) in [4.78, 5) is 23.7. The molecular formula is C17H19NO5. The number of methoxy groups -OCH3 is 2. The molecule has 23 heavy (non-hydrogen) atoms. The third kappa shape index (κ3) is 3.21. The number of fused-ring (bicyclic) bond motifs is 1. The van der Waals surface area contributed by atoms with E-state index in [-0.39, 0.29) is 0 Å². The number of carbonyl (C=O) groups is 2. The van der Waals surface area contributed by atoms with Crippen molar-refractivity contribution in [2.24, 2.45) is 7.05 Å². The number of esters is 2. The van der Waals surface area contributed by atoms with Crippen LogP contribution in [0.4, 0.5) is 0 Å². The smallest absolute Gasteiger partial charge is 0.340 e. The average Bonchev–Trinajstić information content (AvgIpc) is 2.84. The molecule has 6 heteroatoms. The molecule has 0 bridgehead atoms. The van der Waals surface area contributed by atoms with Gasteiger partial charge in [-0.05, 0) is 31.2 Å². The highest BCUT2D eigenvalue weighted by Crippen LogP contribution is 2.30. The van der Waals surface area contributed by atoms with E-state index in [1.54, 1.807) is 26.2 Å². The Hall–Kier alpha value is -2.76. The predicted molar refractivity (Wildman–Crippen MR) is 86.5 cm³/mol. The van der Waals surface area contributed by atoms with Gasteiger partial charge in [0.1, 0.15) is 5.75 Å². The Labute approximate surface area is 134 Å². The molecule has 0 amide bonds. The molecule has 0 aliphatic carbocycles. The first kappa shape index (κ1) is 16.6. The van der Waals surface area contributed by atoms with E-state index in [2.05, 4.69) is 0 Å². The van der Waals surface area contributed by atoms with Gasteiger partial charge in [0.15, 0.2) is 0 Å². The summed E-state index contributed by atoms with van der Waals surface area (Å²) in [5, 5.41) is 0.696. The molecule has 1 heterocycles. The SMILES string of the molecule is CCOC(=O)/C=C/c1c(C(=O)OC)c2cc(OC)ccc2n1C. The topological polar surface area (TPSA) is 66.8 Å². The van der Waals surface area contributed by atoms with Gasteiger partial charge in [0.25, 0.3) is 0 Å². The highest BCUT2D eigenvalue weighted by molar-refractivity contribution is 6.08. The van der Waals surface area contributed by atoms with Gasteiger partial charge in [0, 0.05) is 24.0 Å². The minimum atomic E-state index is -0.479. The van der Waals surface area contributed by atoms with Gasteiger partial charge in [0.2, 0.25) is 0 Å². The van der Waals surface area contributed by atoms with Crippen molar-refractivity contribution >= 4 is 28.9 Å². The molecule has 6 nitrogen and oxygen atoms in total. The Morgan fingerprint density at radius 2 is 2.00 bits per heavy atom. The lowest BCUT2D eigenvalue weighted by Gasteiger charge is -2.02. The largest absolute Gasteiger partial charge is 0.497 e. The lowest BCUT2D eigenvalue weighted by molar-refractivity contribution is -0.137. The van der Waals surface area contributed by atoms with Crippen molar-refractivity contribution < 1.29 is 23.8 Å². The summed E-state index contributed by atoms with van der Waals surface area (Å²) in [7, 11) is 4.69.